The first kappa shape index (κ1) is 21.1. The number of aliphatic hydroxyl groups is 1. The van der Waals surface area contributed by atoms with Gasteiger partial charge in [-0.15, -0.1) is 0 Å². The van der Waals surface area contributed by atoms with Crippen molar-refractivity contribution in [2.24, 2.45) is 0 Å². The Balaban J connectivity index is 1.88. The molecule has 0 radical (unpaired) electrons. The maximum Gasteiger partial charge on any atom is 0.223 e. The van der Waals surface area contributed by atoms with Gasteiger partial charge in [-0.3, -0.25) is 4.79 Å². The fourth-order valence-corrected chi connectivity index (χ4v) is 4.97. The van der Waals surface area contributed by atoms with Crippen molar-refractivity contribution in [1.29, 1.82) is 0 Å². The quantitative estimate of drug-likeness (QED) is 0.628. The van der Waals surface area contributed by atoms with Crippen LogP contribution in [0.25, 0.3) is 0 Å². The van der Waals surface area contributed by atoms with Gasteiger partial charge in [-0.05, 0) is 56.4 Å². The van der Waals surface area contributed by atoms with Crippen molar-refractivity contribution in [1.82, 2.24) is 4.90 Å². The second-order valence-electron chi connectivity index (χ2n) is 8.63. The van der Waals surface area contributed by atoms with Crippen molar-refractivity contribution in [3.05, 3.63) is 70.2 Å². The molecule has 1 heterocycles. The molecule has 0 unspecified atom stereocenters. The van der Waals surface area contributed by atoms with Gasteiger partial charge in [0.2, 0.25) is 5.91 Å². The average Bonchev–Trinajstić information content (AvgIpc) is 2.65. The SMILES string of the molecule is CC[C@@H](c1ccc(Br)cc1)N1CC[C@](CC(C)(C)O)(c2ccccc2)CC1=O. The van der Waals surface area contributed by atoms with Crippen molar-refractivity contribution in [3.63, 3.8) is 0 Å². The Hall–Kier alpha value is -1.65. The summed E-state index contributed by atoms with van der Waals surface area (Å²) < 4.78 is 1.05. The van der Waals surface area contributed by atoms with Crippen LogP contribution in [0.3, 0.4) is 0 Å². The molecule has 1 saturated heterocycles. The van der Waals surface area contributed by atoms with E-state index in [2.05, 4.69) is 47.1 Å². The third kappa shape index (κ3) is 4.66. The summed E-state index contributed by atoms with van der Waals surface area (Å²) in [6.07, 6.45) is 2.77. The lowest BCUT2D eigenvalue weighted by Crippen LogP contribution is -2.50. The van der Waals surface area contributed by atoms with Crippen LogP contribution >= 0.6 is 15.9 Å². The van der Waals surface area contributed by atoms with Crippen LogP contribution < -0.4 is 0 Å². The zero-order valence-electron chi connectivity index (χ0n) is 17.0. The zero-order chi connectivity index (χ0) is 20.4. The highest BCUT2D eigenvalue weighted by atomic mass is 79.9. The molecule has 28 heavy (non-hydrogen) atoms. The number of amides is 1. The highest BCUT2D eigenvalue weighted by Gasteiger charge is 2.44. The van der Waals surface area contributed by atoms with E-state index in [4.69, 9.17) is 0 Å². The van der Waals surface area contributed by atoms with Crippen LogP contribution in [0.15, 0.2) is 59.1 Å². The lowest BCUT2D eigenvalue weighted by atomic mass is 9.66. The van der Waals surface area contributed by atoms with Gasteiger partial charge in [-0.2, -0.15) is 0 Å². The molecule has 3 rings (SSSR count). The molecular weight excluding hydrogens is 414 g/mol. The number of likely N-dealkylation sites (tertiary alicyclic amines) is 1. The van der Waals surface area contributed by atoms with Gasteiger partial charge in [-0.1, -0.05) is 65.3 Å². The monoisotopic (exact) mass is 443 g/mol. The van der Waals surface area contributed by atoms with Crippen molar-refractivity contribution >= 4 is 21.8 Å². The van der Waals surface area contributed by atoms with Gasteiger partial charge in [-0.25, -0.2) is 0 Å². The minimum Gasteiger partial charge on any atom is -0.390 e. The van der Waals surface area contributed by atoms with Crippen molar-refractivity contribution in [2.45, 2.75) is 63.5 Å². The van der Waals surface area contributed by atoms with E-state index in [0.717, 1.165) is 22.9 Å². The van der Waals surface area contributed by atoms with E-state index in [1.807, 2.05) is 49.1 Å². The third-order valence-electron chi connectivity index (χ3n) is 5.82. The van der Waals surface area contributed by atoms with Gasteiger partial charge in [0.1, 0.15) is 0 Å². The summed E-state index contributed by atoms with van der Waals surface area (Å²) in [5.41, 5.74) is 1.19. The Morgan fingerprint density at radius 1 is 1.14 bits per heavy atom. The molecule has 0 saturated carbocycles. The van der Waals surface area contributed by atoms with Crippen LogP contribution in [0, 0.1) is 0 Å². The van der Waals surface area contributed by atoms with Crippen LogP contribution in [0.1, 0.15) is 63.6 Å². The summed E-state index contributed by atoms with van der Waals surface area (Å²) in [6.45, 7) is 6.52. The summed E-state index contributed by atoms with van der Waals surface area (Å²) in [4.78, 5) is 15.4. The summed E-state index contributed by atoms with van der Waals surface area (Å²) in [6, 6.07) is 18.6. The van der Waals surface area contributed by atoms with Gasteiger partial charge in [0.15, 0.2) is 0 Å². The molecule has 2 aromatic rings. The lowest BCUT2D eigenvalue weighted by Gasteiger charge is -2.46. The molecule has 0 spiro atoms. The van der Waals surface area contributed by atoms with E-state index in [-0.39, 0.29) is 17.4 Å². The van der Waals surface area contributed by atoms with Crippen molar-refractivity contribution in [2.75, 3.05) is 6.54 Å². The van der Waals surface area contributed by atoms with Crippen molar-refractivity contribution < 1.29 is 9.90 Å². The molecule has 2 atom stereocenters. The van der Waals surface area contributed by atoms with Gasteiger partial charge in [0.05, 0.1) is 11.6 Å². The molecule has 1 fully saturated rings. The van der Waals surface area contributed by atoms with Crippen LogP contribution in [-0.2, 0) is 10.2 Å². The Morgan fingerprint density at radius 3 is 2.32 bits per heavy atom. The third-order valence-corrected chi connectivity index (χ3v) is 6.34. The van der Waals surface area contributed by atoms with Crippen molar-refractivity contribution in [3.8, 4) is 0 Å². The number of rotatable bonds is 6. The Bertz CT molecular complexity index is 798. The number of piperidine rings is 1. The minimum atomic E-state index is -0.825. The van der Waals surface area contributed by atoms with E-state index in [1.165, 1.54) is 5.56 Å². The Labute approximate surface area is 176 Å². The smallest absolute Gasteiger partial charge is 0.223 e. The summed E-state index contributed by atoms with van der Waals surface area (Å²) in [5.74, 6) is 0.175. The molecule has 0 aromatic heterocycles. The lowest BCUT2D eigenvalue weighted by molar-refractivity contribution is -0.140. The predicted molar refractivity (Wildman–Crippen MR) is 117 cm³/mol. The molecule has 0 bridgehead atoms. The summed E-state index contributed by atoms with van der Waals surface area (Å²) >= 11 is 3.49. The maximum absolute atomic E-state index is 13.3. The Morgan fingerprint density at radius 2 is 1.79 bits per heavy atom. The largest absolute Gasteiger partial charge is 0.390 e. The number of hydrogen-bond donors (Lipinski definition) is 1. The van der Waals surface area contributed by atoms with Crippen LogP contribution in [0.4, 0.5) is 0 Å². The highest BCUT2D eigenvalue weighted by molar-refractivity contribution is 9.10. The molecule has 3 nitrogen and oxygen atoms in total. The first-order chi connectivity index (χ1) is 13.2. The van der Waals surface area contributed by atoms with Gasteiger partial charge >= 0.3 is 0 Å². The van der Waals surface area contributed by atoms with Gasteiger partial charge in [0.25, 0.3) is 0 Å². The number of benzene rings is 2. The molecule has 150 valence electrons. The molecule has 1 aliphatic rings. The molecule has 1 aliphatic heterocycles. The summed E-state index contributed by atoms with van der Waals surface area (Å²) in [7, 11) is 0. The fourth-order valence-electron chi connectivity index (χ4n) is 4.71. The normalized spacial score (nSPS) is 21.6. The maximum atomic E-state index is 13.3. The van der Waals surface area contributed by atoms with E-state index in [9.17, 15) is 9.90 Å². The van der Waals surface area contributed by atoms with E-state index in [1.54, 1.807) is 0 Å². The highest BCUT2D eigenvalue weighted by Crippen LogP contribution is 2.44. The van der Waals surface area contributed by atoms with Crippen LogP contribution in [0.5, 0.6) is 0 Å². The fraction of sp³-hybridized carbons (Fsp3) is 0.458. The van der Waals surface area contributed by atoms with Gasteiger partial charge < -0.3 is 10.0 Å². The molecular formula is C24H30BrNO2. The number of carbonyl (C=O) groups is 1. The molecule has 1 amide bonds. The van der Waals surface area contributed by atoms with E-state index >= 15 is 0 Å². The zero-order valence-corrected chi connectivity index (χ0v) is 18.6. The Kier molecular flexibility index (Phi) is 6.31. The van der Waals surface area contributed by atoms with Crippen LogP contribution in [-0.4, -0.2) is 28.1 Å². The second-order valence-corrected chi connectivity index (χ2v) is 9.54. The van der Waals surface area contributed by atoms with Crippen LogP contribution in [0.2, 0.25) is 0 Å². The first-order valence-corrected chi connectivity index (χ1v) is 10.9. The molecule has 1 N–H and O–H groups in total. The standard InChI is InChI=1S/C24H30BrNO2/c1-4-21(18-10-12-20(25)13-11-18)26-15-14-24(16-22(26)27,17-23(2,3)28)19-8-6-5-7-9-19/h5-13,21,28H,4,14-17H2,1-3H3/t21-,24-/m0/s1. The predicted octanol–water partition coefficient (Wildman–Crippen LogP) is 5.62. The summed E-state index contributed by atoms with van der Waals surface area (Å²) in [5, 5.41) is 10.6. The number of halogens is 1. The number of nitrogens with zero attached hydrogens (tertiary/aromatic N) is 1. The first-order valence-electron chi connectivity index (χ1n) is 10.1. The average molecular weight is 444 g/mol. The molecule has 0 aliphatic carbocycles. The molecule has 4 heteroatoms. The van der Waals surface area contributed by atoms with E-state index in [0.29, 0.717) is 19.4 Å². The van der Waals surface area contributed by atoms with E-state index < -0.39 is 5.60 Å². The topological polar surface area (TPSA) is 40.5 Å². The number of carbonyl (C=O) groups excluding carboxylic acids is 1. The molecule has 2 aromatic carbocycles. The minimum absolute atomic E-state index is 0.0940. The van der Waals surface area contributed by atoms with Gasteiger partial charge in [0, 0.05) is 22.9 Å². The second kappa shape index (κ2) is 8.38. The number of hydrogen-bond acceptors (Lipinski definition) is 2.